The van der Waals surface area contributed by atoms with E-state index < -0.39 is 5.82 Å². The Labute approximate surface area is 146 Å². The molecule has 2 aromatic rings. The summed E-state index contributed by atoms with van der Waals surface area (Å²) in [5.41, 5.74) is 7.06. The minimum Gasteiger partial charge on any atom is -0.335 e. The topological polar surface area (TPSA) is 46.3 Å². The van der Waals surface area contributed by atoms with Crippen LogP contribution in [0.3, 0.4) is 0 Å². The monoisotopic (exact) mass is 356 g/mol. The normalized spacial score (nSPS) is 11.5. The number of amides is 1. The van der Waals surface area contributed by atoms with Crippen molar-refractivity contribution in [2.24, 2.45) is 5.73 Å². The lowest BCUT2D eigenvalue weighted by molar-refractivity contribution is -0.131. The van der Waals surface area contributed by atoms with Gasteiger partial charge in [0.1, 0.15) is 5.82 Å². The molecule has 0 fully saturated rings. The maximum Gasteiger partial charge on any atom is 0.224 e. The number of nitrogens with zero attached hydrogens (tertiary/aromatic N) is 1. The zero-order valence-electron chi connectivity index (χ0n) is 12.7. The van der Waals surface area contributed by atoms with E-state index in [4.69, 9.17) is 17.3 Å². The van der Waals surface area contributed by atoms with E-state index in [9.17, 15) is 9.18 Å². The van der Waals surface area contributed by atoms with Gasteiger partial charge < -0.3 is 10.6 Å². The van der Waals surface area contributed by atoms with Gasteiger partial charge in [-0.15, -0.1) is 12.4 Å². The molecule has 0 radical (unpaired) electrons. The van der Waals surface area contributed by atoms with Gasteiger partial charge in [0.25, 0.3) is 0 Å². The molecule has 0 aromatic heterocycles. The molecule has 1 amide bonds. The number of hydrogen-bond acceptors (Lipinski definition) is 2. The Hall–Kier alpha value is -1.62. The van der Waals surface area contributed by atoms with E-state index in [1.165, 1.54) is 12.1 Å². The van der Waals surface area contributed by atoms with Gasteiger partial charge in [-0.1, -0.05) is 48.0 Å². The van der Waals surface area contributed by atoms with Crippen LogP contribution in [0.2, 0.25) is 5.02 Å². The van der Waals surface area contributed by atoms with Gasteiger partial charge in [-0.05, 0) is 23.3 Å². The Morgan fingerprint density at radius 2 is 1.91 bits per heavy atom. The van der Waals surface area contributed by atoms with Crippen LogP contribution in [0.1, 0.15) is 23.6 Å². The number of rotatable bonds is 5. The molecular formula is C17H19Cl2FN2O. The van der Waals surface area contributed by atoms with Crippen molar-refractivity contribution >= 4 is 29.9 Å². The summed E-state index contributed by atoms with van der Waals surface area (Å²) in [5, 5.41) is 0.293. The fourth-order valence-electron chi connectivity index (χ4n) is 2.41. The van der Waals surface area contributed by atoms with Gasteiger partial charge in [0, 0.05) is 25.0 Å². The molecule has 0 aliphatic carbocycles. The zero-order chi connectivity index (χ0) is 16.1. The van der Waals surface area contributed by atoms with Crippen molar-refractivity contribution in [2.45, 2.75) is 12.5 Å². The summed E-state index contributed by atoms with van der Waals surface area (Å²) in [4.78, 5) is 13.8. The highest BCUT2D eigenvalue weighted by Gasteiger charge is 2.25. The van der Waals surface area contributed by atoms with Crippen molar-refractivity contribution in [1.29, 1.82) is 0 Å². The van der Waals surface area contributed by atoms with Crippen LogP contribution in [0.4, 0.5) is 4.39 Å². The Balaban J connectivity index is 0.00000264. The van der Waals surface area contributed by atoms with Crippen LogP contribution < -0.4 is 5.73 Å². The lowest BCUT2D eigenvalue weighted by atomic mass is 9.97. The van der Waals surface area contributed by atoms with Gasteiger partial charge in [0.2, 0.25) is 5.91 Å². The summed E-state index contributed by atoms with van der Waals surface area (Å²) in [7, 11) is 1.70. The maximum absolute atomic E-state index is 13.3. The molecule has 0 bridgehead atoms. The SMILES string of the molecule is CN(C(=O)CCN)C(c1ccccc1)c1ccc(F)cc1Cl.Cl. The lowest BCUT2D eigenvalue weighted by Crippen LogP contribution is -2.33. The summed E-state index contributed by atoms with van der Waals surface area (Å²) in [6, 6.07) is 13.3. The van der Waals surface area contributed by atoms with E-state index in [0.717, 1.165) is 5.56 Å². The minimum absolute atomic E-state index is 0. The third-order valence-electron chi connectivity index (χ3n) is 3.51. The molecule has 3 nitrogen and oxygen atoms in total. The van der Waals surface area contributed by atoms with E-state index in [1.54, 1.807) is 18.0 Å². The second kappa shape index (κ2) is 8.87. The molecule has 1 unspecified atom stereocenters. The first kappa shape index (κ1) is 19.4. The van der Waals surface area contributed by atoms with E-state index in [-0.39, 0.29) is 37.3 Å². The summed E-state index contributed by atoms with van der Waals surface area (Å²) < 4.78 is 13.3. The molecule has 23 heavy (non-hydrogen) atoms. The van der Waals surface area contributed by atoms with E-state index in [0.29, 0.717) is 10.6 Å². The standard InChI is InChI=1S/C17H18ClFN2O.ClH/c1-21(16(22)9-10-20)17(12-5-3-2-4-6-12)14-8-7-13(19)11-15(14)18;/h2-8,11,17H,9-10,20H2,1H3;1H. The van der Waals surface area contributed by atoms with Crippen molar-refractivity contribution in [2.75, 3.05) is 13.6 Å². The fraction of sp³-hybridized carbons (Fsp3) is 0.235. The highest BCUT2D eigenvalue weighted by molar-refractivity contribution is 6.31. The first-order valence-corrected chi connectivity index (χ1v) is 7.38. The van der Waals surface area contributed by atoms with Crippen molar-refractivity contribution in [3.05, 3.63) is 70.5 Å². The number of carbonyl (C=O) groups is 1. The number of carbonyl (C=O) groups excluding carboxylic acids is 1. The zero-order valence-corrected chi connectivity index (χ0v) is 14.3. The van der Waals surface area contributed by atoms with Crippen molar-refractivity contribution in [3.63, 3.8) is 0 Å². The van der Waals surface area contributed by atoms with Crippen molar-refractivity contribution in [3.8, 4) is 0 Å². The number of nitrogens with two attached hydrogens (primary N) is 1. The molecule has 2 N–H and O–H groups in total. The van der Waals surface area contributed by atoms with Gasteiger partial charge in [-0.2, -0.15) is 0 Å². The molecule has 124 valence electrons. The molecule has 1 atom stereocenters. The second-order valence-corrected chi connectivity index (χ2v) is 5.43. The highest BCUT2D eigenvalue weighted by Crippen LogP contribution is 2.33. The van der Waals surface area contributed by atoms with Crippen LogP contribution in [0.15, 0.2) is 48.5 Å². The Bertz CT molecular complexity index is 652. The minimum atomic E-state index is -0.406. The van der Waals surface area contributed by atoms with Crippen molar-refractivity contribution < 1.29 is 9.18 Å². The molecule has 0 spiro atoms. The molecular weight excluding hydrogens is 338 g/mol. The van der Waals surface area contributed by atoms with Crippen LogP contribution in [-0.4, -0.2) is 24.4 Å². The Morgan fingerprint density at radius 3 is 2.48 bits per heavy atom. The quantitative estimate of drug-likeness (QED) is 0.885. The number of halogens is 3. The Morgan fingerprint density at radius 1 is 1.26 bits per heavy atom. The molecule has 2 aromatic carbocycles. The lowest BCUT2D eigenvalue weighted by Gasteiger charge is -2.30. The van der Waals surface area contributed by atoms with Crippen LogP contribution in [0.25, 0.3) is 0 Å². The molecule has 0 aliphatic heterocycles. The molecule has 2 rings (SSSR count). The summed E-state index contributed by atoms with van der Waals surface area (Å²) in [5.74, 6) is -0.492. The van der Waals surface area contributed by atoms with Crippen LogP contribution in [-0.2, 0) is 4.79 Å². The number of hydrogen-bond donors (Lipinski definition) is 1. The molecule has 6 heteroatoms. The predicted octanol–water partition coefficient (Wildman–Crippen LogP) is 3.80. The molecule has 0 saturated carbocycles. The molecule has 0 heterocycles. The summed E-state index contributed by atoms with van der Waals surface area (Å²) in [6.45, 7) is 0.280. The van der Waals surface area contributed by atoms with Gasteiger partial charge in [0.05, 0.1) is 6.04 Å². The predicted molar refractivity (Wildman–Crippen MR) is 93.4 cm³/mol. The first-order valence-electron chi connectivity index (χ1n) is 7.00. The summed E-state index contributed by atoms with van der Waals surface area (Å²) >= 11 is 6.20. The molecule has 0 aliphatic rings. The van der Waals surface area contributed by atoms with E-state index >= 15 is 0 Å². The third-order valence-corrected chi connectivity index (χ3v) is 3.84. The van der Waals surface area contributed by atoms with Gasteiger partial charge in [-0.3, -0.25) is 4.79 Å². The highest BCUT2D eigenvalue weighted by atomic mass is 35.5. The van der Waals surface area contributed by atoms with Crippen LogP contribution in [0.5, 0.6) is 0 Å². The first-order chi connectivity index (χ1) is 10.5. The van der Waals surface area contributed by atoms with Gasteiger partial charge in [0.15, 0.2) is 0 Å². The van der Waals surface area contributed by atoms with Crippen molar-refractivity contribution in [1.82, 2.24) is 4.90 Å². The van der Waals surface area contributed by atoms with Gasteiger partial charge >= 0.3 is 0 Å². The van der Waals surface area contributed by atoms with Gasteiger partial charge in [-0.25, -0.2) is 4.39 Å². The van der Waals surface area contributed by atoms with Crippen LogP contribution in [0, 0.1) is 5.82 Å². The molecule has 0 saturated heterocycles. The average Bonchev–Trinajstić information content (AvgIpc) is 2.51. The average molecular weight is 357 g/mol. The maximum atomic E-state index is 13.3. The smallest absolute Gasteiger partial charge is 0.224 e. The van der Waals surface area contributed by atoms with E-state index in [2.05, 4.69) is 0 Å². The van der Waals surface area contributed by atoms with Crippen LogP contribution >= 0.6 is 24.0 Å². The number of benzene rings is 2. The summed E-state index contributed by atoms with van der Waals surface area (Å²) in [6.07, 6.45) is 0.249. The largest absolute Gasteiger partial charge is 0.335 e. The Kier molecular flexibility index (Phi) is 7.49. The van der Waals surface area contributed by atoms with E-state index in [1.807, 2.05) is 30.3 Å². The fourth-order valence-corrected chi connectivity index (χ4v) is 2.68. The second-order valence-electron chi connectivity index (χ2n) is 5.02. The third kappa shape index (κ3) is 4.67.